The highest BCUT2D eigenvalue weighted by molar-refractivity contribution is 8.01. The van der Waals surface area contributed by atoms with Gasteiger partial charge in [-0.2, -0.15) is 11.8 Å². The Bertz CT molecular complexity index is 305. The van der Waals surface area contributed by atoms with E-state index in [0.717, 1.165) is 40.3 Å². The van der Waals surface area contributed by atoms with E-state index in [1.165, 1.54) is 18.6 Å². The van der Waals surface area contributed by atoms with Gasteiger partial charge in [0.2, 0.25) is 0 Å². The molecule has 1 heterocycles. The predicted octanol–water partition coefficient (Wildman–Crippen LogP) is 4.20. The molecule has 2 bridgehead atoms. The van der Waals surface area contributed by atoms with Crippen LogP contribution in [0.1, 0.15) is 46.0 Å². The average Bonchev–Trinajstić information content (AvgIpc) is 2.99. The molecule has 6 unspecified atom stereocenters. The molecule has 0 N–H and O–H groups in total. The Balaban J connectivity index is 1.70. The molecule has 1 saturated heterocycles. The molecule has 90 valence electrons. The van der Waals surface area contributed by atoms with Crippen molar-refractivity contribution in [2.24, 2.45) is 35.5 Å². The number of thioether (sulfide) groups is 1. The maximum atomic E-state index is 2.55. The molecule has 0 radical (unpaired) electrons. The van der Waals surface area contributed by atoms with E-state index in [-0.39, 0.29) is 0 Å². The lowest BCUT2D eigenvalue weighted by Crippen LogP contribution is -2.39. The zero-order valence-corrected chi connectivity index (χ0v) is 11.4. The number of hydrogen-bond donors (Lipinski definition) is 0. The van der Waals surface area contributed by atoms with Crippen LogP contribution in [-0.4, -0.2) is 10.5 Å². The molecule has 1 heteroatoms. The largest absolute Gasteiger partial charge is 0.155 e. The third kappa shape index (κ3) is 1.05. The van der Waals surface area contributed by atoms with Gasteiger partial charge < -0.3 is 0 Å². The van der Waals surface area contributed by atoms with E-state index in [0.29, 0.717) is 0 Å². The van der Waals surface area contributed by atoms with Gasteiger partial charge in [-0.1, -0.05) is 26.7 Å². The van der Waals surface area contributed by atoms with Gasteiger partial charge in [0.25, 0.3) is 0 Å². The standard InChI is InChI=1S/C15H24S/c1-9-10(2)12-7-11(9)13-8-16-15(14(12)13)5-3-4-6-15/h9-14H,3-8H2,1-2H3. The van der Waals surface area contributed by atoms with Gasteiger partial charge in [-0.3, -0.25) is 0 Å². The summed E-state index contributed by atoms with van der Waals surface area (Å²) in [6.07, 6.45) is 7.77. The predicted molar refractivity (Wildman–Crippen MR) is 70.6 cm³/mol. The molecule has 16 heavy (non-hydrogen) atoms. The summed E-state index contributed by atoms with van der Waals surface area (Å²) >= 11 is 2.40. The molecule has 4 fully saturated rings. The Labute approximate surface area is 104 Å². The van der Waals surface area contributed by atoms with Crippen LogP contribution in [0.4, 0.5) is 0 Å². The van der Waals surface area contributed by atoms with Gasteiger partial charge >= 0.3 is 0 Å². The molecule has 3 aliphatic carbocycles. The van der Waals surface area contributed by atoms with Gasteiger partial charge in [0.15, 0.2) is 0 Å². The highest BCUT2D eigenvalue weighted by Crippen LogP contribution is 2.70. The molecule has 0 aromatic heterocycles. The molecule has 0 aromatic carbocycles. The summed E-state index contributed by atoms with van der Waals surface area (Å²) < 4.78 is 0.776. The first-order chi connectivity index (χ1) is 7.73. The fraction of sp³-hybridized carbons (Fsp3) is 1.00. The van der Waals surface area contributed by atoms with E-state index in [2.05, 4.69) is 25.6 Å². The monoisotopic (exact) mass is 236 g/mol. The maximum Gasteiger partial charge on any atom is 0.0194 e. The summed E-state index contributed by atoms with van der Waals surface area (Å²) in [5.74, 6) is 8.06. The van der Waals surface area contributed by atoms with E-state index in [4.69, 9.17) is 0 Å². The topological polar surface area (TPSA) is 0 Å². The van der Waals surface area contributed by atoms with E-state index in [1.807, 2.05) is 0 Å². The number of fused-ring (bicyclic) bond motifs is 6. The minimum atomic E-state index is 0.776. The minimum Gasteiger partial charge on any atom is -0.155 e. The molecule has 1 aliphatic heterocycles. The summed E-state index contributed by atoms with van der Waals surface area (Å²) in [6, 6.07) is 0. The Kier molecular flexibility index (Phi) is 2.07. The molecule has 3 saturated carbocycles. The third-order valence-corrected chi connectivity index (χ3v) is 8.62. The Morgan fingerprint density at radius 2 is 1.62 bits per heavy atom. The molecule has 0 amide bonds. The summed E-state index contributed by atoms with van der Waals surface area (Å²) in [5, 5.41) is 0. The molecule has 1 spiro atoms. The molecular formula is C15H24S. The number of rotatable bonds is 0. The first kappa shape index (κ1) is 10.3. The summed E-state index contributed by atoms with van der Waals surface area (Å²) in [6.45, 7) is 5.09. The SMILES string of the molecule is CC1C(C)C2CC1C1CSC3(CCCC3)C21. The maximum absolute atomic E-state index is 2.55. The van der Waals surface area contributed by atoms with Crippen molar-refractivity contribution < 1.29 is 0 Å². The lowest BCUT2D eigenvalue weighted by Gasteiger charge is -2.41. The smallest absolute Gasteiger partial charge is 0.0194 e. The molecule has 6 atom stereocenters. The lowest BCUT2D eigenvalue weighted by atomic mass is 9.65. The van der Waals surface area contributed by atoms with Gasteiger partial charge in [0, 0.05) is 4.75 Å². The van der Waals surface area contributed by atoms with Crippen molar-refractivity contribution in [1.29, 1.82) is 0 Å². The zero-order valence-electron chi connectivity index (χ0n) is 10.6. The van der Waals surface area contributed by atoms with Crippen LogP contribution in [0.25, 0.3) is 0 Å². The summed E-state index contributed by atoms with van der Waals surface area (Å²) in [7, 11) is 0. The van der Waals surface area contributed by atoms with Crippen LogP contribution < -0.4 is 0 Å². The normalized spacial score (nSPS) is 57.4. The average molecular weight is 236 g/mol. The van der Waals surface area contributed by atoms with E-state index >= 15 is 0 Å². The van der Waals surface area contributed by atoms with E-state index in [1.54, 1.807) is 19.3 Å². The lowest BCUT2D eigenvalue weighted by molar-refractivity contribution is 0.112. The molecule has 0 aromatic rings. The Morgan fingerprint density at radius 3 is 2.38 bits per heavy atom. The number of hydrogen-bond acceptors (Lipinski definition) is 1. The van der Waals surface area contributed by atoms with Crippen LogP contribution >= 0.6 is 11.8 Å². The van der Waals surface area contributed by atoms with Crippen molar-refractivity contribution in [3.63, 3.8) is 0 Å². The summed E-state index contributed by atoms with van der Waals surface area (Å²) in [4.78, 5) is 0. The highest BCUT2D eigenvalue weighted by Gasteiger charge is 2.64. The van der Waals surface area contributed by atoms with Crippen LogP contribution in [0.15, 0.2) is 0 Å². The second-order valence-corrected chi connectivity index (χ2v) is 8.49. The van der Waals surface area contributed by atoms with Crippen molar-refractivity contribution in [3.05, 3.63) is 0 Å². The molecule has 4 rings (SSSR count). The fourth-order valence-corrected chi connectivity index (χ4v) is 8.06. The van der Waals surface area contributed by atoms with Gasteiger partial charge in [-0.05, 0) is 60.5 Å². The van der Waals surface area contributed by atoms with E-state index in [9.17, 15) is 0 Å². The quantitative estimate of drug-likeness (QED) is 0.607. The van der Waals surface area contributed by atoms with Gasteiger partial charge in [-0.25, -0.2) is 0 Å². The van der Waals surface area contributed by atoms with Crippen LogP contribution in [-0.2, 0) is 0 Å². The highest BCUT2D eigenvalue weighted by atomic mass is 32.2. The minimum absolute atomic E-state index is 0.776. The molecule has 0 nitrogen and oxygen atoms in total. The second-order valence-electron chi connectivity index (χ2n) is 7.05. The Morgan fingerprint density at radius 1 is 0.938 bits per heavy atom. The summed E-state index contributed by atoms with van der Waals surface area (Å²) in [5.41, 5.74) is 0. The molecule has 4 aliphatic rings. The fourth-order valence-electron chi connectivity index (χ4n) is 5.96. The van der Waals surface area contributed by atoms with Crippen molar-refractivity contribution in [2.45, 2.75) is 50.7 Å². The van der Waals surface area contributed by atoms with Gasteiger partial charge in [0.05, 0.1) is 0 Å². The van der Waals surface area contributed by atoms with Crippen LogP contribution in [0.2, 0.25) is 0 Å². The third-order valence-electron chi connectivity index (χ3n) is 6.82. The van der Waals surface area contributed by atoms with Gasteiger partial charge in [-0.15, -0.1) is 0 Å². The zero-order chi connectivity index (χ0) is 10.9. The van der Waals surface area contributed by atoms with Crippen LogP contribution in [0, 0.1) is 35.5 Å². The van der Waals surface area contributed by atoms with Gasteiger partial charge in [0.1, 0.15) is 0 Å². The first-order valence-electron chi connectivity index (χ1n) is 7.37. The van der Waals surface area contributed by atoms with Crippen molar-refractivity contribution in [3.8, 4) is 0 Å². The Hall–Kier alpha value is 0.350. The first-order valence-corrected chi connectivity index (χ1v) is 8.35. The van der Waals surface area contributed by atoms with Crippen molar-refractivity contribution in [2.75, 3.05) is 5.75 Å². The molecular weight excluding hydrogens is 212 g/mol. The van der Waals surface area contributed by atoms with Crippen molar-refractivity contribution in [1.82, 2.24) is 0 Å². The van der Waals surface area contributed by atoms with Crippen molar-refractivity contribution >= 4 is 11.8 Å². The second kappa shape index (κ2) is 3.22. The van der Waals surface area contributed by atoms with Crippen LogP contribution in [0.5, 0.6) is 0 Å². The van der Waals surface area contributed by atoms with E-state index < -0.39 is 0 Å². The van der Waals surface area contributed by atoms with Crippen LogP contribution in [0.3, 0.4) is 0 Å².